The molecule has 0 spiro atoms. The summed E-state index contributed by atoms with van der Waals surface area (Å²) in [4.78, 5) is 38.1. The van der Waals surface area contributed by atoms with Crippen LogP contribution in [-0.4, -0.2) is 34.5 Å². The maximum Gasteiger partial charge on any atom is 0.279 e. The summed E-state index contributed by atoms with van der Waals surface area (Å²) < 4.78 is 0. The zero-order chi connectivity index (χ0) is 12.6. The standard InChI is InChI=1S/C10H12N4O3/c1-2-12-5-7(15)14(11)10-3-6(4-10)8(16)13-9(10)17/h2,5-6H,1,3-4,11H2,(H,13,16,17)/b12-5-. The number of carbonyl (C=O) groups excluding carboxylic acids is 3. The summed E-state index contributed by atoms with van der Waals surface area (Å²) in [6.45, 7) is 3.32. The van der Waals surface area contributed by atoms with Crippen molar-refractivity contribution in [2.75, 3.05) is 0 Å². The van der Waals surface area contributed by atoms with Gasteiger partial charge in [-0.15, -0.1) is 0 Å². The van der Waals surface area contributed by atoms with E-state index in [1.807, 2.05) is 0 Å². The zero-order valence-corrected chi connectivity index (χ0v) is 9.05. The maximum absolute atomic E-state index is 11.7. The van der Waals surface area contributed by atoms with E-state index >= 15 is 0 Å². The molecule has 7 nitrogen and oxygen atoms in total. The molecule has 3 amide bonds. The molecule has 3 N–H and O–H groups in total. The van der Waals surface area contributed by atoms with Gasteiger partial charge >= 0.3 is 0 Å². The third kappa shape index (κ3) is 1.55. The van der Waals surface area contributed by atoms with E-state index in [0.717, 1.165) is 11.2 Å². The fraction of sp³-hybridized carbons (Fsp3) is 0.400. The summed E-state index contributed by atoms with van der Waals surface area (Å²) in [7, 11) is 0. The van der Waals surface area contributed by atoms with Crippen molar-refractivity contribution in [1.29, 1.82) is 0 Å². The number of hydrazine groups is 1. The number of carbonyl (C=O) groups is 3. The van der Waals surface area contributed by atoms with Crippen LogP contribution in [0.2, 0.25) is 0 Å². The van der Waals surface area contributed by atoms with Crippen molar-refractivity contribution < 1.29 is 14.4 Å². The van der Waals surface area contributed by atoms with Crippen LogP contribution in [0.5, 0.6) is 0 Å². The Morgan fingerprint density at radius 3 is 2.76 bits per heavy atom. The van der Waals surface area contributed by atoms with Gasteiger partial charge in [0, 0.05) is 12.1 Å². The predicted octanol–water partition coefficient (Wildman–Crippen LogP) is -1.29. The van der Waals surface area contributed by atoms with Crippen molar-refractivity contribution in [3.8, 4) is 0 Å². The normalized spacial score (nSPS) is 30.8. The molecule has 90 valence electrons. The molecule has 2 aliphatic heterocycles. The fourth-order valence-corrected chi connectivity index (χ4v) is 2.15. The van der Waals surface area contributed by atoms with Crippen molar-refractivity contribution in [3.63, 3.8) is 0 Å². The van der Waals surface area contributed by atoms with Crippen LogP contribution in [0.3, 0.4) is 0 Å². The molecular weight excluding hydrogens is 224 g/mol. The number of rotatable bonds is 3. The first-order valence-corrected chi connectivity index (χ1v) is 5.09. The highest BCUT2D eigenvalue weighted by atomic mass is 16.2. The number of piperidine rings is 2. The van der Waals surface area contributed by atoms with Crippen LogP contribution in [0.4, 0.5) is 0 Å². The molecule has 1 saturated carbocycles. The predicted molar refractivity (Wildman–Crippen MR) is 58.3 cm³/mol. The minimum atomic E-state index is -1.09. The topological polar surface area (TPSA) is 105 Å². The van der Waals surface area contributed by atoms with Crippen molar-refractivity contribution in [3.05, 3.63) is 12.8 Å². The van der Waals surface area contributed by atoms with Crippen LogP contribution < -0.4 is 11.2 Å². The average Bonchev–Trinajstić information content (AvgIpc) is 2.23. The molecule has 3 aliphatic rings. The Bertz CT molecular complexity index is 437. The molecule has 0 aromatic rings. The number of amides is 3. The smallest absolute Gasteiger partial charge is 0.279 e. The van der Waals surface area contributed by atoms with Crippen molar-refractivity contribution >= 4 is 23.9 Å². The lowest BCUT2D eigenvalue weighted by atomic mass is 9.64. The highest BCUT2D eigenvalue weighted by molar-refractivity contribution is 6.27. The van der Waals surface area contributed by atoms with E-state index < -0.39 is 17.4 Å². The van der Waals surface area contributed by atoms with Crippen LogP contribution in [0.1, 0.15) is 12.8 Å². The lowest BCUT2D eigenvalue weighted by Crippen LogP contribution is -2.75. The van der Waals surface area contributed by atoms with Crippen LogP contribution >= 0.6 is 0 Å². The molecule has 0 aromatic heterocycles. The summed E-state index contributed by atoms with van der Waals surface area (Å²) in [6, 6.07) is 0. The molecule has 2 bridgehead atoms. The van der Waals surface area contributed by atoms with Gasteiger partial charge in [0.1, 0.15) is 5.54 Å². The van der Waals surface area contributed by atoms with Crippen molar-refractivity contribution in [1.82, 2.24) is 10.3 Å². The van der Waals surface area contributed by atoms with Gasteiger partial charge in [0.15, 0.2) is 0 Å². The first kappa shape index (κ1) is 11.5. The number of nitrogens with zero attached hydrogens (tertiary/aromatic N) is 2. The van der Waals surface area contributed by atoms with Crippen LogP contribution in [-0.2, 0) is 14.4 Å². The molecule has 0 unspecified atom stereocenters. The summed E-state index contributed by atoms with van der Waals surface area (Å²) in [5.74, 6) is 3.99. The van der Waals surface area contributed by atoms with Crippen molar-refractivity contribution in [2.45, 2.75) is 18.4 Å². The van der Waals surface area contributed by atoms with E-state index in [9.17, 15) is 14.4 Å². The lowest BCUT2D eigenvalue weighted by molar-refractivity contribution is -0.168. The Kier molecular flexibility index (Phi) is 2.55. The third-order valence-corrected chi connectivity index (χ3v) is 3.19. The van der Waals surface area contributed by atoms with Gasteiger partial charge in [-0.05, 0) is 12.8 Å². The van der Waals surface area contributed by atoms with Gasteiger partial charge in [0.25, 0.3) is 11.8 Å². The molecular formula is C10H12N4O3. The van der Waals surface area contributed by atoms with E-state index in [-0.39, 0.29) is 24.7 Å². The summed E-state index contributed by atoms with van der Waals surface area (Å²) >= 11 is 0. The van der Waals surface area contributed by atoms with Gasteiger partial charge in [-0.1, -0.05) is 6.58 Å². The van der Waals surface area contributed by atoms with E-state index in [1.54, 1.807) is 0 Å². The van der Waals surface area contributed by atoms with Crippen LogP contribution in [0.15, 0.2) is 17.8 Å². The first-order chi connectivity index (χ1) is 8.01. The number of imide groups is 1. The molecule has 2 heterocycles. The third-order valence-electron chi connectivity index (χ3n) is 3.19. The molecule has 2 saturated heterocycles. The number of hydrogen-bond donors (Lipinski definition) is 2. The molecule has 0 radical (unpaired) electrons. The van der Waals surface area contributed by atoms with Crippen molar-refractivity contribution in [2.24, 2.45) is 16.8 Å². The molecule has 1 aliphatic carbocycles. The molecule has 17 heavy (non-hydrogen) atoms. The van der Waals surface area contributed by atoms with E-state index in [1.165, 1.54) is 6.20 Å². The molecule has 7 heteroatoms. The quantitative estimate of drug-likeness (QED) is 0.209. The minimum absolute atomic E-state index is 0.233. The number of hydrogen-bond acceptors (Lipinski definition) is 5. The molecule has 0 aromatic carbocycles. The van der Waals surface area contributed by atoms with Gasteiger partial charge in [0.05, 0.1) is 6.21 Å². The Hall–Kier alpha value is -2.02. The summed E-state index contributed by atoms with van der Waals surface area (Å²) in [5, 5.41) is 3.04. The second kappa shape index (κ2) is 3.77. The highest BCUT2D eigenvalue weighted by Gasteiger charge is 2.61. The van der Waals surface area contributed by atoms with E-state index in [4.69, 9.17) is 5.84 Å². The Morgan fingerprint density at radius 1 is 1.59 bits per heavy atom. The number of aliphatic imine (C=N–C) groups is 1. The average molecular weight is 236 g/mol. The second-order valence-electron chi connectivity index (χ2n) is 4.12. The molecule has 3 rings (SSSR count). The van der Waals surface area contributed by atoms with Crippen LogP contribution in [0, 0.1) is 5.92 Å². The van der Waals surface area contributed by atoms with E-state index in [0.29, 0.717) is 0 Å². The number of nitrogens with one attached hydrogen (secondary N) is 1. The fourth-order valence-electron chi connectivity index (χ4n) is 2.15. The molecule has 3 fully saturated rings. The monoisotopic (exact) mass is 236 g/mol. The van der Waals surface area contributed by atoms with Crippen LogP contribution in [0.25, 0.3) is 0 Å². The van der Waals surface area contributed by atoms with Gasteiger partial charge in [0.2, 0.25) is 5.91 Å². The Labute approximate surface area is 97.3 Å². The van der Waals surface area contributed by atoms with Gasteiger partial charge < -0.3 is 0 Å². The maximum atomic E-state index is 11.7. The van der Waals surface area contributed by atoms with Gasteiger partial charge in [-0.3, -0.25) is 29.7 Å². The lowest BCUT2D eigenvalue weighted by Gasteiger charge is -2.52. The van der Waals surface area contributed by atoms with E-state index in [2.05, 4.69) is 16.9 Å². The number of nitrogens with two attached hydrogens (primary N) is 1. The van der Waals surface area contributed by atoms with Gasteiger partial charge in [-0.2, -0.15) is 0 Å². The highest BCUT2D eigenvalue weighted by Crippen LogP contribution is 2.44. The SMILES string of the molecule is C=C/N=C\C(=O)N(N)C12CC(C1)C(=O)NC2=O. The largest absolute Gasteiger partial charge is 0.294 e. The minimum Gasteiger partial charge on any atom is -0.294 e. The Balaban J connectivity index is 2.15. The molecule has 0 atom stereocenters. The second-order valence-corrected chi connectivity index (χ2v) is 4.12. The Morgan fingerprint density at radius 2 is 2.24 bits per heavy atom. The zero-order valence-electron chi connectivity index (χ0n) is 9.05. The first-order valence-electron chi connectivity index (χ1n) is 5.09. The van der Waals surface area contributed by atoms with Gasteiger partial charge in [-0.25, -0.2) is 5.84 Å². The summed E-state index contributed by atoms with van der Waals surface area (Å²) in [6.07, 6.45) is 2.74. The number of fused-ring (bicyclic) bond motifs is 2. The summed E-state index contributed by atoms with van der Waals surface area (Å²) in [5.41, 5.74) is -1.09.